The highest BCUT2D eigenvalue weighted by molar-refractivity contribution is 6.31. The molecule has 0 fully saturated rings. The predicted molar refractivity (Wildman–Crippen MR) is 122 cm³/mol. The highest BCUT2D eigenvalue weighted by Gasteiger charge is 2.17. The molecule has 0 aliphatic rings. The fourth-order valence-electron chi connectivity index (χ4n) is 2.97. The van der Waals surface area contributed by atoms with Crippen molar-refractivity contribution in [2.45, 2.75) is 0 Å². The zero-order chi connectivity index (χ0) is 23.1. The van der Waals surface area contributed by atoms with E-state index in [2.05, 4.69) is 0 Å². The second kappa shape index (κ2) is 10.5. The topological polar surface area (TPSA) is 71.1 Å². The van der Waals surface area contributed by atoms with Crippen molar-refractivity contribution < 1.29 is 28.5 Å². The van der Waals surface area contributed by atoms with Crippen molar-refractivity contribution in [2.24, 2.45) is 0 Å². The fraction of sp³-hybridized carbons (Fsp3) is 0.120. The molecule has 7 heteroatoms. The smallest absolute Gasteiger partial charge is 0.343 e. The average molecular weight is 453 g/mol. The lowest BCUT2D eigenvalue weighted by atomic mass is 10.1. The van der Waals surface area contributed by atoms with Crippen LogP contribution in [0, 0.1) is 0 Å². The van der Waals surface area contributed by atoms with Crippen LogP contribution in [0.2, 0.25) is 5.02 Å². The van der Waals surface area contributed by atoms with Crippen molar-refractivity contribution in [2.75, 3.05) is 21.3 Å². The fourth-order valence-corrected chi connectivity index (χ4v) is 3.14. The Kier molecular flexibility index (Phi) is 7.52. The molecule has 0 aliphatic heterocycles. The Balaban J connectivity index is 1.87. The summed E-state index contributed by atoms with van der Waals surface area (Å²) in [6, 6.07) is 16.4. The van der Waals surface area contributed by atoms with Crippen LogP contribution in [0.5, 0.6) is 23.0 Å². The third-order valence-electron chi connectivity index (χ3n) is 4.58. The molecule has 0 atom stereocenters. The number of para-hydroxylation sites is 1. The molecule has 164 valence electrons. The molecule has 0 aliphatic carbocycles. The van der Waals surface area contributed by atoms with Crippen LogP contribution in [0.15, 0.2) is 66.7 Å². The van der Waals surface area contributed by atoms with Gasteiger partial charge in [0.1, 0.15) is 11.5 Å². The predicted octanol–water partition coefficient (Wildman–Crippen LogP) is 5.48. The minimum absolute atomic E-state index is 0.0869. The van der Waals surface area contributed by atoms with Crippen LogP contribution in [0.25, 0.3) is 6.08 Å². The zero-order valence-corrected chi connectivity index (χ0v) is 18.5. The number of carbonyl (C=O) groups excluding carboxylic acids is 2. The summed E-state index contributed by atoms with van der Waals surface area (Å²) in [6.07, 6.45) is 3.00. The van der Waals surface area contributed by atoms with Crippen molar-refractivity contribution >= 4 is 29.4 Å². The van der Waals surface area contributed by atoms with Crippen LogP contribution in [0.3, 0.4) is 0 Å². The second-order valence-electron chi connectivity index (χ2n) is 6.54. The maximum Gasteiger partial charge on any atom is 0.343 e. The van der Waals surface area contributed by atoms with Gasteiger partial charge in [0.2, 0.25) is 0 Å². The summed E-state index contributed by atoms with van der Waals surface area (Å²) in [4.78, 5) is 25.6. The summed E-state index contributed by atoms with van der Waals surface area (Å²) in [5.74, 6) is 0.540. The van der Waals surface area contributed by atoms with E-state index in [0.717, 1.165) is 5.56 Å². The van der Waals surface area contributed by atoms with Crippen molar-refractivity contribution in [3.8, 4) is 23.0 Å². The Morgan fingerprint density at radius 3 is 2.19 bits per heavy atom. The lowest BCUT2D eigenvalue weighted by Crippen LogP contribution is -2.11. The van der Waals surface area contributed by atoms with Crippen LogP contribution in [-0.2, 0) is 0 Å². The maximum absolute atomic E-state index is 12.9. The number of rotatable bonds is 8. The lowest BCUT2D eigenvalue weighted by molar-refractivity contribution is 0.0732. The van der Waals surface area contributed by atoms with E-state index >= 15 is 0 Å². The van der Waals surface area contributed by atoms with Gasteiger partial charge in [-0.15, -0.1) is 0 Å². The Labute approximate surface area is 190 Å². The molecule has 0 spiro atoms. The van der Waals surface area contributed by atoms with Gasteiger partial charge < -0.3 is 18.9 Å². The summed E-state index contributed by atoms with van der Waals surface area (Å²) in [5, 5.41) is 0.338. The molecule has 0 radical (unpaired) electrons. The molecule has 3 aromatic carbocycles. The van der Waals surface area contributed by atoms with Gasteiger partial charge in [0.05, 0.1) is 32.5 Å². The molecular formula is C25H21ClO6. The van der Waals surface area contributed by atoms with Crippen molar-refractivity contribution in [1.82, 2.24) is 0 Å². The molecule has 0 aromatic heterocycles. The monoisotopic (exact) mass is 452 g/mol. The standard InChI is InChI=1S/C25H21ClO6/c1-29-21-7-5-4-6-16(21)8-11-20(27)19-15-18(26)10-13-22(19)32-25(28)17-9-12-23(30-2)24(14-17)31-3/h4-15H,1-3H3/b11-8+. The highest BCUT2D eigenvalue weighted by Crippen LogP contribution is 2.29. The lowest BCUT2D eigenvalue weighted by Gasteiger charge is -2.11. The molecule has 0 amide bonds. The molecule has 6 nitrogen and oxygen atoms in total. The van der Waals surface area contributed by atoms with Crippen molar-refractivity contribution in [3.05, 3.63) is 88.5 Å². The van der Waals surface area contributed by atoms with Crippen LogP contribution in [0.1, 0.15) is 26.3 Å². The van der Waals surface area contributed by atoms with Gasteiger partial charge in [-0.25, -0.2) is 4.79 Å². The molecule has 0 heterocycles. The minimum atomic E-state index is -0.656. The molecule has 0 saturated heterocycles. The normalized spacial score (nSPS) is 10.6. The van der Waals surface area contributed by atoms with Gasteiger partial charge in [0.25, 0.3) is 0 Å². The molecule has 3 aromatic rings. The van der Waals surface area contributed by atoms with E-state index in [4.69, 9.17) is 30.5 Å². The number of methoxy groups -OCH3 is 3. The number of carbonyl (C=O) groups is 2. The summed E-state index contributed by atoms with van der Waals surface area (Å²) in [6.45, 7) is 0. The van der Waals surface area contributed by atoms with Crippen molar-refractivity contribution in [1.29, 1.82) is 0 Å². The summed E-state index contributed by atoms with van der Waals surface area (Å²) in [7, 11) is 4.52. The first-order valence-corrected chi connectivity index (χ1v) is 9.93. The maximum atomic E-state index is 12.9. The van der Waals surface area contributed by atoms with Crippen molar-refractivity contribution in [3.63, 3.8) is 0 Å². The zero-order valence-electron chi connectivity index (χ0n) is 17.8. The highest BCUT2D eigenvalue weighted by atomic mass is 35.5. The summed E-state index contributed by atoms with van der Waals surface area (Å²) in [5.41, 5.74) is 1.12. The summed E-state index contributed by atoms with van der Waals surface area (Å²) >= 11 is 6.09. The number of ketones is 1. The number of allylic oxidation sites excluding steroid dienone is 1. The molecule has 3 rings (SSSR count). The van der Waals surface area contributed by atoms with Gasteiger partial charge in [-0.2, -0.15) is 0 Å². The van der Waals surface area contributed by atoms with Crippen LogP contribution in [-0.4, -0.2) is 33.1 Å². The van der Waals surface area contributed by atoms with E-state index in [0.29, 0.717) is 22.3 Å². The first-order chi connectivity index (χ1) is 15.5. The number of esters is 1. The van der Waals surface area contributed by atoms with E-state index in [1.807, 2.05) is 18.2 Å². The van der Waals surface area contributed by atoms with Gasteiger partial charge in [-0.3, -0.25) is 4.79 Å². The Bertz CT molecular complexity index is 1170. The third-order valence-corrected chi connectivity index (χ3v) is 4.82. The Morgan fingerprint density at radius 2 is 1.47 bits per heavy atom. The SMILES string of the molecule is COc1ccccc1/C=C/C(=O)c1cc(Cl)ccc1OC(=O)c1ccc(OC)c(OC)c1. The minimum Gasteiger partial charge on any atom is -0.496 e. The first kappa shape index (κ1) is 22.9. The van der Waals surface area contributed by atoms with E-state index in [1.165, 1.54) is 38.5 Å². The molecule has 0 bridgehead atoms. The number of hydrogen-bond donors (Lipinski definition) is 0. The Hall–Kier alpha value is -3.77. The van der Waals surface area contributed by atoms with Crippen LogP contribution in [0.4, 0.5) is 0 Å². The largest absolute Gasteiger partial charge is 0.496 e. The van der Waals surface area contributed by atoms with E-state index in [1.54, 1.807) is 37.5 Å². The van der Waals surface area contributed by atoms with E-state index < -0.39 is 5.97 Å². The quantitative estimate of drug-likeness (QED) is 0.195. The molecule has 0 saturated carbocycles. The van der Waals surface area contributed by atoms with E-state index in [9.17, 15) is 9.59 Å². The van der Waals surface area contributed by atoms with Crippen LogP contribution >= 0.6 is 11.6 Å². The average Bonchev–Trinajstić information content (AvgIpc) is 2.83. The van der Waals surface area contributed by atoms with Gasteiger partial charge in [0, 0.05) is 10.6 Å². The number of ether oxygens (including phenoxy) is 4. The van der Waals surface area contributed by atoms with Crippen LogP contribution < -0.4 is 18.9 Å². The third kappa shape index (κ3) is 5.28. The number of benzene rings is 3. The van der Waals surface area contributed by atoms with Gasteiger partial charge in [-0.05, 0) is 54.6 Å². The Morgan fingerprint density at radius 1 is 0.781 bits per heavy atom. The summed E-state index contributed by atoms with van der Waals surface area (Å²) < 4.78 is 21.2. The molecule has 32 heavy (non-hydrogen) atoms. The molecule has 0 N–H and O–H groups in total. The molecule has 0 unspecified atom stereocenters. The first-order valence-electron chi connectivity index (χ1n) is 9.56. The number of halogens is 1. The van der Waals surface area contributed by atoms with Gasteiger partial charge in [0.15, 0.2) is 17.3 Å². The van der Waals surface area contributed by atoms with E-state index in [-0.39, 0.29) is 22.7 Å². The van der Waals surface area contributed by atoms with Gasteiger partial charge >= 0.3 is 5.97 Å². The van der Waals surface area contributed by atoms with Gasteiger partial charge in [-0.1, -0.05) is 29.8 Å². The number of hydrogen-bond acceptors (Lipinski definition) is 6. The second-order valence-corrected chi connectivity index (χ2v) is 6.98. The molecular weight excluding hydrogens is 432 g/mol.